The van der Waals surface area contributed by atoms with Gasteiger partial charge >= 0.3 is 0 Å². The molecule has 2 nitrogen and oxygen atoms in total. The fourth-order valence-corrected chi connectivity index (χ4v) is 3.62. The quantitative estimate of drug-likeness (QED) is 0.580. The van der Waals surface area contributed by atoms with Crippen LogP contribution in [0.3, 0.4) is 0 Å². The van der Waals surface area contributed by atoms with Crippen molar-refractivity contribution in [3.63, 3.8) is 0 Å². The van der Waals surface area contributed by atoms with E-state index in [2.05, 4.69) is 13.8 Å². The van der Waals surface area contributed by atoms with Crippen LogP contribution in [-0.4, -0.2) is 23.9 Å². The topological polar surface area (TPSA) is 20.3 Å². The molecule has 14 heavy (non-hydrogen) atoms. The van der Waals surface area contributed by atoms with Crippen molar-refractivity contribution in [3.05, 3.63) is 0 Å². The van der Waals surface area contributed by atoms with Crippen LogP contribution in [0.15, 0.2) is 0 Å². The van der Waals surface area contributed by atoms with E-state index in [1.807, 2.05) is 11.9 Å². The number of hydrogen-bond acceptors (Lipinski definition) is 1. The maximum atomic E-state index is 11.7. The van der Waals surface area contributed by atoms with Crippen molar-refractivity contribution >= 4 is 5.91 Å². The van der Waals surface area contributed by atoms with Crippen molar-refractivity contribution in [2.75, 3.05) is 7.05 Å². The molecule has 0 radical (unpaired) electrons. The highest BCUT2D eigenvalue weighted by atomic mass is 16.2. The number of rotatable bonds is 0. The number of likely N-dealkylation sites (tertiary alicyclic amines) is 1. The van der Waals surface area contributed by atoms with Gasteiger partial charge in [-0.2, -0.15) is 0 Å². The van der Waals surface area contributed by atoms with Crippen molar-refractivity contribution in [3.8, 4) is 0 Å². The molecule has 1 aliphatic heterocycles. The average molecular weight is 195 g/mol. The van der Waals surface area contributed by atoms with Gasteiger partial charge in [0.05, 0.1) is 0 Å². The molecule has 0 N–H and O–H groups in total. The summed E-state index contributed by atoms with van der Waals surface area (Å²) in [5, 5.41) is 0. The van der Waals surface area contributed by atoms with E-state index in [4.69, 9.17) is 0 Å². The molecule has 1 aliphatic carbocycles. The second-order valence-electron chi connectivity index (χ2n) is 5.24. The number of nitrogens with zero attached hydrogens (tertiary/aromatic N) is 1. The molecule has 0 aromatic heterocycles. The minimum Gasteiger partial charge on any atom is -0.342 e. The summed E-state index contributed by atoms with van der Waals surface area (Å²) in [7, 11) is 2.00. The van der Waals surface area contributed by atoms with Crippen LogP contribution < -0.4 is 0 Å². The molecule has 2 aliphatic rings. The third-order valence-corrected chi connectivity index (χ3v) is 4.26. The summed E-state index contributed by atoms with van der Waals surface area (Å²) in [5.74, 6) is 2.63. The van der Waals surface area contributed by atoms with E-state index in [1.54, 1.807) is 0 Å². The molecule has 0 bridgehead atoms. The van der Waals surface area contributed by atoms with Crippen molar-refractivity contribution in [2.24, 2.45) is 17.8 Å². The fourth-order valence-electron chi connectivity index (χ4n) is 3.62. The number of fused-ring (bicyclic) bond motifs is 1. The van der Waals surface area contributed by atoms with E-state index in [0.29, 0.717) is 17.9 Å². The lowest BCUT2D eigenvalue weighted by Crippen LogP contribution is -2.41. The van der Waals surface area contributed by atoms with Gasteiger partial charge in [-0.3, -0.25) is 4.79 Å². The molecule has 4 unspecified atom stereocenters. The molecule has 1 amide bonds. The SMILES string of the molecule is CC1CC(C)C2C1CCCC(=O)N2C. The van der Waals surface area contributed by atoms with Crippen LogP contribution in [-0.2, 0) is 4.79 Å². The van der Waals surface area contributed by atoms with Gasteiger partial charge in [-0.25, -0.2) is 0 Å². The number of carbonyl (C=O) groups is 1. The second-order valence-corrected chi connectivity index (χ2v) is 5.24. The molecule has 0 spiro atoms. The Morgan fingerprint density at radius 3 is 2.71 bits per heavy atom. The Morgan fingerprint density at radius 1 is 1.29 bits per heavy atom. The van der Waals surface area contributed by atoms with E-state index < -0.39 is 0 Å². The second kappa shape index (κ2) is 3.56. The van der Waals surface area contributed by atoms with Gasteiger partial charge < -0.3 is 4.90 Å². The van der Waals surface area contributed by atoms with Gasteiger partial charge in [-0.05, 0) is 37.0 Å². The lowest BCUT2D eigenvalue weighted by atomic mass is 9.90. The lowest BCUT2D eigenvalue weighted by Gasteiger charge is -2.31. The normalized spacial score (nSPS) is 43.6. The molecule has 80 valence electrons. The first-order chi connectivity index (χ1) is 6.61. The standard InChI is InChI=1S/C12H21NO/c1-8-7-9(2)12-10(8)5-4-6-11(14)13(12)3/h8-10,12H,4-7H2,1-3H3. The Balaban J connectivity index is 2.22. The molecule has 2 rings (SSSR count). The van der Waals surface area contributed by atoms with Crippen molar-refractivity contribution in [2.45, 2.75) is 45.6 Å². The molecule has 1 heterocycles. The first-order valence-corrected chi connectivity index (χ1v) is 5.87. The average Bonchev–Trinajstić information content (AvgIpc) is 2.29. The third kappa shape index (κ3) is 1.45. The first kappa shape index (κ1) is 10.0. The molecule has 1 saturated carbocycles. The highest BCUT2D eigenvalue weighted by Gasteiger charge is 2.43. The van der Waals surface area contributed by atoms with Crippen molar-refractivity contribution in [1.29, 1.82) is 0 Å². The van der Waals surface area contributed by atoms with Crippen LogP contribution in [0.5, 0.6) is 0 Å². The van der Waals surface area contributed by atoms with E-state index in [1.165, 1.54) is 12.8 Å². The number of hydrogen-bond donors (Lipinski definition) is 0. The van der Waals surface area contributed by atoms with Gasteiger partial charge in [0.2, 0.25) is 5.91 Å². The van der Waals surface area contributed by atoms with Crippen LogP contribution in [0.1, 0.15) is 39.5 Å². The molecule has 1 saturated heterocycles. The van der Waals surface area contributed by atoms with Crippen LogP contribution in [0.2, 0.25) is 0 Å². The van der Waals surface area contributed by atoms with Crippen LogP contribution in [0.4, 0.5) is 0 Å². The first-order valence-electron chi connectivity index (χ1n) is 5.87. The summed E-state index contributed by atoms with van der Waals surface area (Å²) >= 11 is 0. The molecule has 2 heteroatoms. The summed E-state index contributed by atoms with van der Waals surface area (Å²) in [4.78, 5) is 13.8. The molecule has 0 aromatic carbocycles. The zero-order valence-electron chi connectivity index (χ0n) is 9.49. The van der Waals surface area contributed by atoms with Crippen LogP contribution >= 0.6 is 0 Å². The summed E-state index contributed by atoms with van der Waals surface area (Å²) in [5.41, 5.74) is 0. The van der Waals surface area contributed by atoms with E-state index in [-0.39, 0.29) is 0 Å². The smallest absolute Gasteiger partial charge is 0.222 e. The maximum Gasteiger partial charge on any atom is 0.222 e. The van der Waals surface area contributed by atoms with Gasteiger partial charge in [-0.1, -0.05) is 13.8 Å². The Hall–Kier alpha value is -0.530. The summed E-state index contributed by atoms with van der Waals surface area (Å²) in [6.45, 7) is 4.65. The summed E-state index contributed by atoms with van der Waals surface area (Å²) < 4.78 is 0. The minimum absolute atomic E-state index is 0.360. The zero-order chi connectivity index (χ0) is 10.3. The Labute approximate surface area is 86.7 Å². The van der Waals surface area contributed by atoms with E-state index in [9.17, 15) is 4.79 Å². The minimum atomic E-state index is 0.360. The zero-order valence-corrected chi connectivity index (χ0v) is 9.49. The maximum absolute atomic E-state index is 11.7. The van der Waals surface area contributed by atoms with Gasteiger partial charge in [0.25, 0.3) is 0 Å². The summed E-state index contributed by atoms with van der Waals surface area (Å²) in [6, 6.07) is 0.528. The highest BCUT2D eigenvalue weighted by molar-refractivity contribution is 5.76. The predicted octanol–water partition coefficient (Wildman–Crippen LogP) is 2.29. The molecular weight excluding hydrogens is 174 g/mol. The fraction of sp³-hybridized carbons (Fsp3) is 0.917. The van der Waals surface area contributed by atoms with E-state index in [0.717, 1.165) is 24.7 Å². The predicted molar refractivity (Wildman–Crippen MR) is 56.8 cm³/mol. The Morgan fingerprint density at radius 2 is 2.00 bits per heavy atom. The van der Waals surface area contributed by atoms with E-state index >= 15 is 0 Å². The largest absolute Gasteiger partial charge is 0.342 e. The number of amides is 1. The third-order valence-electron chi connectivity index (χ3n) is 4.26. The summed E-state index contributed by atoms with van der Waals surface area (Å²) in [6.07, 6.45) is 4.42. The molecule has 2 fully saturated rings. The highest BCUT2D eigenvalue weighted by Crippen LogP contribution is 2.43. The molecule has 4 atom stereocenters. The Kier molecular flexibility index (Phi) is 2.54. The monoisotopic (exact) mass is 195 g/mol. The molecule has 0 aromatic rings. The Bertz CT molecular complexity index is 238. The lowest BCUT2D eigenvalue weighted by molar-refractivity contribution is -0.132. The van der Waals surface area contributed by atoms with Gasteiger partial charge in [0, 0.05) is 19.5 Å². The molecular formula is C12H21NO. The van der Waals surface area contributed by atoms with Gasteiger partial charge in [0.1, 0.15) is 0 Å². The van der Waals surface area contributed by atoms with Crippen molar-refractivity contribution in [1.82, 2.24) is 4.90 Å². The van der Waals surface area contributed by atoms with Crippen LogP contribution in [0, 0.1) is 17.8 Å². The number of carbonyl (C=O) groups excluding carboxylic acids is 1. The van der Waals surface area contributed by atoms with Crippen molar-refractivity contribution < 1.29 is 4.79 Å². The van der Waals surface area contributed by atoms with Gasteiger partial charge in [-0.15, -0.1) is 0 Å². The van der Waals surface area contributed by atoms with Crippen LogP contribution in [0.25, 0.3) is 0 Å². The van der Waals surface area contributed by atoms with Gasteiger partial charge in [0.15, 0.2) is 0 Å².